The Bertz CT molecular complexity index is 1450. The number of hydrogen-bond donors (Lipinski definition) is 4. The quantitative estimate of drug-likeness (QED) is 0.210. The first-order valence-corrected chi connectivity index (χ1v) is 15.1. The number of rotatable bonds is 8. The molecule has 5 rings (SSSR count). The lowest BCUT2D eigenvalue weighted by Gasteiger charge is -2.46. The minimum Gasteiger partial charge on any atom is -0.394 e. The van der Waals surface area contributed by atoms with Crippen molar-refractivity contribution < 1.29 is 47.1 Å². The van der Waals surface area contributed by atoms with E-state index in [2.05, 4.69) is 15.3 Å². The molecule has 2 aromatic heterocycles. The van der Waals surface area contributed by atoms with Crippen molar-refractivity contribution in [2.24, 2.45) is 0 Å². The second-order valence-corrected chi connectivity index (χ2v) is 12.9. The van der Waals surface area contributed by atoms with Crippen molar-refractivity contribution in [3.05, 3.63) is 65.4 Å². The molecule has 0 radical (unpaired) electrons. The fourth-order valence-corrected chi connectivity index (χ4v) is 7.39. The molecule has 1 saturated heterocycles. The Labute approximate surface area is 254 Å². The number of aliphatic hydroxyl groups excluding tert-OH is 3. The molecule has 6 atom stereocenters. The summed E-state index contributed by atoms with van der Waals surface area (Å²) < 4.78 is 76.5. The zero-order valence-electron chi connectivity index (χ0n) is 23.8. The molecule has 2 fully saturated rings. The molecule has 9 nitrogen and oxygen atoms in total. The SMILES string of the molecule is CC(C)c1cccnc1[C@@H](S[C@@H]1O[C@H](CO)[C@H](O)[C@H](n2cc(-c3cc(F)c(F)c(F)c3)nn2)[C@H]1O)C1(O)CCC(F)(F)CC1. The second kappa shape index (κ2) is 12.6. The normalized spacial score (nSPS) is 27.4. The average molecular weight is 645 g/mol. The van der Waals surface area contributed by atoms with Crippen molar-refractivity contribution in [2.45, 2.75) is 92.0 Å². The lowest BCUT2D eigenvalue weighted by molar-refractivity contribution is -0.179. The van der Waals surface area contributed by atoms with Crippen molar-refractivity contribution in [3.63, 3.8) is 0 Å². The van der Waals surface area contributed by atoms with Crippen LogP contribution < -0.4 is 0 Å². The van der Waals surface area contributed by atoms with Crippen LogP contribution in [-0.2, 0) is 4.74 Å². The summed E-state index contributed by atoms with van der Waals surface area (Å²) in [6.07, 6.45) is -3.26. The van der Waals surface area contributed by atoms with E-state index in [0.29, 0.717) is 5.69 Å². The highest BCUT2D eigenvalue weighted by Gasteiger charge is 2.52. The molecule has 1 aliphatic heterocycles. The van der Waals surface area contributed by atoms with Gasteiger partial charge in [0.1, 0.15) is 35.5 Å². The first-order valence-electron chi connectivity index (χ1n) is 14.1. The maximum Gasteiger partial charge on any atom is 0.248 e. The molecule has 2 aliphatic rings. The van der Waals surface area contributed by atoms with Crippen LogP contribution in [0.1, 0.15) is 68.0 Å². The van der Waals surface area contributed by atoms with Crippen molar-refractivity contribution in [3.8, 4) is 11.3 Å². The van der Waals surface area contributed by atoms with Gasteiger partial charge in [0.25, 0.3) is 0 Å². The standard InChI is InChI=1S/C29H33F5N4O5S/c1-14(2)16-4-3-9-35-22(16)26(28(42)5-7-29(33,34)8-6-28)44-27-25(41)23(24(40)20(13-39)43-27)38-12-19(36-37-38)15-10-17(30)21(32)18(31)11-15/h3-4,9-12,14,20,23-27,39-42H,5-8,13H2,1-2H3/t20-,23+,24+,25-,26-,27+/m1/s1. The Morgan fingerprint density at radius 1 is 1.07 bits per heavy atom. The molecular weight excluding hydrogens is 611 g/mol. The van der Waals surface area contributed by atoms with Crippen molar-refractivity contribution in [2.75, 3.05) is 6.61 Å². The number of pyridine rings is 1. The first-order chi connectivity index (χ1) is 20.7. The van der Waals surface area contributed by atoms with Gasteiger partial charge in [-0.25, -0.2) is 26.6 Å². The van der Waals surface area contributed by atoms with Gasteiger partial charge in [-0.1, -0.05) is 25.1 Å². The molecular formula is C29H33F5N4O5S. The number of thioether (sulfide) groups is 1. The number of aromatic nitrogens is 4. The van der Waals surface area contributed by atoms with E-state index >= 15 is 0 Å². The minimum absolute atomic E-state index is 0.0536. The van der Waals surface area contributed by atoms with Crippen LogP contribution in [0.5, 0.6) is 0 Å². The van der Waals surface area contributed by atoms with Gasteiger partial charge in [-0.3, -0.25) is 4.98 Å². The van der Waals surface area contributed by atoms with Crippen molar-refractivity contribution >= 4 is 11.8 Å². The molecule has 3 heterocycles. The summed E-state index contributed by atoms with van der Waals surface area (Å²) in [5.74, 6) is -7.55. The van der Waals surface area contributed by atoms with Crippen LogP contribution in [0.15, 0.2) is 36.7 Å². The van der Waals surface area contributed by atoms with Gasteiger partial charge in [0, 0.05) is 24.6 Å². The highest BCUT2D eigenvalue weighted by atomic mass is 32.2. The molecule has 0 amide bonds. The third kappa shape index (κ3) is 6.35. The van der Waals surface area contributed by atoms with Crippen molar-refractivity contribution in [1.29, 1.82) is 0 Å². The molecule has 240 valence electrons. The lowest BCUT2D eigenvalue weighted by atomic mass is 9.78. The summed E-state index contributed by atoms with van der Waals surface area (Å²) in [4.78, 5) is 4.52. The van der Waals surface area contributed by atoms with Gasteiger partial charge < -0.3 is 25.2 Å². The highest BCUT2D eigenvalue weighted by molar-refractivity contribution is 8.00. The monoisotopic (exact) mass is 644 g/mol. The highest BCUT2D eigenvalue weighted by Crippen LogP contribution is 2.53. The zero-order chi connectivity index (χ0) is 32.0. The maximum absolute atomic E-state index is 14.2. The summed E-state index contributed by atoms with van der Waals surface area (Å²) in [5, 5.41) is 51.3. The summed E-state index contributed by atoms with van der Waals surface area (Å²) in [7, 11) is 0. The van der Waals surface area contributed by atoms with Gasteiger partial charge >= 0.3 is 0 Å². The molecule has 0 spiro atoms. The minimum atomic E-state index is -2.94. The third-order valence-electron chi connectivity index (χ3n) is 8.29. The van der Waals surface area contributed by atoms with Gasteiger partial charge in [-0.15, -0.1) is 16.9 Å². The van der Waals surface area contributed by atoms with Crippen LogP contribution in [0, 0.1) is 17.5 Å². The number of benzene rings is 1. The molecule has 15 heteroatoms. The molecule has 1 aliphatic carbocycles. The summed E-state index contributed by atoms with van der Waals surface area (Å²) >= 11 is 0.938. The van der Waals surface area contributed by atoms with E-state index in [1.165, 1.54) is 12.4 Å². The molecule has 1 aromatic carbocycles. The van der Waals surface area contributed by atoms with E-state index in [0.717, 1.165) is 34.1 Å². The van der Waals surface area contributed by atoms with Gasteiger partial charge in [0.05, 0.1) is 29.3 Å². The largest absolute Gasteiger partial charge is 0.394 e. The molecule has 0 unspecified atom stereocenters. The predicted molar refractivity (Wildman–Crippen MR) is 149 cm³/mol. The number of hydrogen-bond acceptors (Lipinski definition) is 9. The van der Waals surface area contributed by atoms with E-state index in [9.17, 15) is 42.4 Å². The Morgan fingerprint density at radius 3 is 2.34 bits per heavy atom. The number of halogens is 5. The van der Waals surface area contributed by atoms with Crippen molar-refractivity contribution in [1.82, 2.24) is 20.0 Å². The maximum atomic E-state index is 14.2. The zero-order valence-corrected chi connectivity index (χ0v) is 24.6. The molecule has 1 saturated carbocycles. The lowest BCUT2D eigenvalue weighted by Crippen LogP contribution is -2.55. The number of ether oxygens (including phenoxy) is 1. The molecule has 4 N–H and O–H groups in total. The average Bonchev–Trinajstić information content (AvgIpc) is 3.47. The molecule has 0 bridgehead atoms. The van der Waals surface area contributed by atoms with Crippen LogP contribution in [0.2, 0.25) is 0 Å². The van der Waals surface area contributed by atoms with Gasteiger partial charge in [0.15, 0.2) is 17.5 Å². The summed E-state index contributed by atoms with van der Waals surface area (Å²) in [6.45, 7) is 3.16. The van der Waals surface area contributed by atoms with Crippen LogP contribution >= 0.6 is 11.8 Å². The fraction of sp³-hybridized carbons (Fsp3) is 0.552. The Morgan fingerprint density at radius 2 is 1.73 bits per heavy atom. The topological polar surface area (TPSA) is 134 Å². The summed E-state index contributed by atoms with van der Waals surface area (Å²) in [6, 6.07) is 3.67. The van der Waals surface area contributed by atoms with Crippen LogP contribution in [-0.4, -0.2) is 82.3 Å². The van der Waals surface area contributed by atoms with Gasteiger partial charge in [-0.2, -0.15) is 0 Å². The van der Waals surface area contributed by atoms with Crippen LogP contribution in [0.3, 0.4) is 0 Å². The second-order valence-electron chi connectivity index (χ2n) is 11.6. The van der Waals surface area contributed by atoms with E-state index < -0.39 is 83.5 Å². The fourth-order valence-electron chi connectivity index (χ4n) is 5.78. The van der Waals surface area contributed by atoms with E-state index in [-0.39, 0.29) is 30.0 Å². The van der Waals surface area contributed by atoms with Gasteiger partial charge in [0.2, 0.25) is 5.92 Å². The Balaban J connectivity index is 1.50. The number of alkyl halides is 2. The van der Waals surface area contributed by atoms with E-state index in [1.54, 1.807) is 6.07 Å². The Hall–Kier alpha value is -2.69. The van der Waals surface area contributed by atoms with E-state index in [4.69, 9.17) is 4.74 Å². The third-order valence-corrected chi connectivity index (χ3v) is 9.88. The Kier molecular flexibility index (Phi) is 9.36. The van der Waals surface area contributed by atoms with E-state index in [1.807, 2.05) is 19.9 Å². The predicted octanol–water partition coefficient (Wildman–Crippen LogP) is 4.28. The first kappa shape index (κ1) is 32.7. The molecule has 3 aromatic rings. The molecule has 44 heavy (non-hydrogen) atoms. The smallest absolute Gasteiger partial charge is 0.248 e. The van der Waals surface area contributed by atoms with Crippen LogP contribution in [0.25, 0.3) is 11.3 Å². The summed E-state index contributed by atoms with van der Waals surface area (Å²) in [5.41, 5.74) is -1.96. The van der Waals surface area contributed by atoms with Gasteiger partial charge in [-0.05, 0) is 42.5 Å². The number of aliphatic hydroxyl groups is 4. The van der Waals surface area contributed by atoms with Crippen LogP contribution in [0.4, 0.5) is 22.0 Å². The number of nitrogens with zero attached hydrogens (tertiary/aromatic N) is 4.